The first-order valence-electron chi connectivity index (χ1n) is 5.57. The zero-order chi connectivity index (χ0) is 10.6. The van der Waals surface area contributed by atoms with Crippen LogP contribution < -0.4 is 0 Å². The lowest BCUT2D eigenvalue weighted by molar-refractivity contribution is -0.0273. The second-order valence-electron chi connectivity index (χ2n) is 3.71. The Labute approximate surface area is 91.6 Å². The van der Waals surface area contributed by atoms with Gasteiger partial charge in [-0.3, -0.25) is 4.90 Å². The van der Waals surface area contributed by atoms with Crippen molar-refractivity contribution in [3.8, 4) is 0 Å². The van der Waals surface area contributed by atoms with Gasteiger partial charge in [-0.05, 0) is 6.92 Å². The van der Waals surface area contributed by atoms with Gasteiger partial charge in [0.15, 0.2) is 0 Å². The van der Waals surface area contributed by atoms with E-state index in [1.165, 1.54) is 0 Å². The molecule has 0 aromatic rings. The van der Waals surface area contributed by atoms with Crippen molar-refractivity contribution in [1.29, 1.82) is 0 Å². The number of nitrogens with zero attached hydrogens (tertiary/aromatic N) is 1. The van der Waals surface area contributed by atoms with Crippen LogP contribution in [0.4, 0.5) is 0 Å². The van der Waals surface area contributed by atoms with Crippen molar-refractivity contribution < 1.29 is 18.0 Å². The van der Waals surface area contributed by atoms with E-state index in [1.807, 2.05) is 6.92 Å². The van der Waals surface area contributed by atoms with Crippen LogP contribution in [0.25, 0.3) is 0 Å². The minimum atomic E-state index is -2.50. The van der Waals surface area contributed by atoms with Crippen LogP contribution in [-0.4, -0.2) is 66.0 Å². The van der Waals surface area contributed by atoms with E-state index in [4.69, 9.17) is 18.0 Å². The summed E-state index contributed by atoms with van der Waals surface area (Å²) in [7, 11) is -2.50. The highest BCUT2D eigenvalue weighted by Crippen LogP contribution is 2.16. The summed E-state index contributed by atoms with van der Waals surface area (Å²) in [6.07, 6.45) is 0.490. The number of rotatable bonds is 3. The quantitative estimate of drug-likeness (QED) is 0.636. The molecule has 0 saturated carbocycles. The Hall–Kier alpha value is 0.0169. The lowest BCUT2D eigenvalue weighted by atomic mass is 10.4. The van der Waals surface area contributed by atoms with Gasteiger partial charge >= 0.3 is 8.80 Å². The predicted molar refractivity (Wildman–Crippen MR) is 56.5 cm³/mol. The fourth-order valence-corrected chi connectivity index (χ4v) is 3.96. The summed E-state index contributed by atoms with van der Waals surface area (Å²) in [5.74, 6) is 0. The van der Waals surface area contributed by atoms with Crippen molar-refractivity contribution in [2.24, 2.45) is 0 Å². The van der Waals surface area contributed by atoms with Crippen LogP contribution in [0.1, 0.15) is 6.92 Å². The van der Waals surface area contributed by atoms with E-state index in [9.17, 15) is 0 Å². The summed E-state index contributed by atoms with van der Waals surface area (Å²) >= 11 is 0. The molecule has 0 radical (unpaired) electrons. The Morgan fingerprint density at radius 2 is 1.60 bits per heavy atom. The van der Waals surface area contributed by atoms with Crippen molar-refractivity contribution in [1.82, 2.24) is 4.90 Å². The Bertz CT molecular complexity index is 172. The van der Waals surface area contributed by atoms with Crippen molar-refractivity contribution in [2.75, 3.05) is 52.3 Å². The molecular weight excluding hydrogens is 214 g/mol. The monoisotopic (exact) mass is 233 g/mol. The summed E-state index contributed by atoms with van der Waals surface area (Å²) in [6.45, 7) is 7.67. The zero-order valence-electron chi connectivity index (χ0n) is 9.24. The van der Waals surface area contributed by atoms with Gasteiger partial charge < -0.3 is 18.0 Å². The molecule has 3 saturated heterocycles. The van der Waals surface area contributed by atoms with Gasteiger partial charge in [-0.1, -0.05) is 0 Å². The highest BCUT2D eigenvalue weighted by molar-refractivity contribution is 6.60. The molecule has 3 fully saturated rings. The van der Waals surface area contributed by atoms with E-state index in [0.29, 0.717) is 32.7 Å². The predicted octanol–water partition coefficient (Wildman–Crippen LogP) is -0.120. The molecule has 88 valence electrons. The van der Waals surface area contributed by atoms with Crippen LogP contribution in [-0.2, 0) is 18.0 Å². The molecule has 0 spiro atoms. The largest absolute Gasteiger partial charge is 0.528 e. The first-order valence-corrected chi connectivity index (χ1v) is 7.50. The van der Waals surface area contributed by atoms with Gasteiger partial charge in [0, 0.05) is 26.2 Å². The molecule has 15 heavy (non-hydrogen) atoms. The third-order valence-corrected chi connectivity index (χ3v) is 5.16. The zero-order valence-corrected chi connectivity index (χ0v) is 10.2. The van der Waals surface area contributed by atoms with Gasteiger partial charge in [-0.2, -0.15) is 0 Å². The molecule has 0 aliphatic carbocycles. The molecular formula is C9H19NO4Si. The van der Waals surface area contributed by atoms with E-state index in [1.54, 1.807) is 0 Å². The van der Waals surface area contributed by atoms with Crippen molar-refractivity contribution in [3.63, 3.8) is 0 Å². The summed E-state index contributed by atoms with van der Waals surface area (Å²) < 4.78 is 22.7. The van der Waals surface area contributed by atoms with E-state index in [0.717, 1.165) is 19.6 Å². The maximum Gasteiger partial charge on any atom is 0.528 e. The molecule has 3 aliphatic rings. The molecule has 3 rings (SSSR count). The maximum atomic E-state index is 5.77. The van der Waals surface area contributed by atoms with Crippen LogP contribution in [0.3, 0.4) is 0 Å². The van der Waals surface area contributed by atoms with Gasteiger partial charge in [-0.15, -0.1) is 0 Å². The third-order valence-electron chi connectivity index (χ3n) is 2.67. The van der Waals surface area contributed by atoms with Gasteiger partial charge in [0.05, 0.1) is 19.8 Å². The average molecular weight is 233 g/mol. The Balaban J connectivity index is 1.98. The van der Waals surface area contributed by atoms with Gasteiger partial charge in [0.25, 0.3) is 0 Å². The molecule has 0 atom stereocenters. The second-order valence-corrected chi connectivity index (χ2v) is 6.23. The molecule has 2 bridgehead atoms. The summed E-state index contributed by atoms with van der Waals surface area (Å²) in [6, 6.07) is 0. The lowest BCUT2D eigenvalue weighted by Crippen LogP contribution is -2.58. The van der Waals surface area contributed by atoms with Crippen LogP contribution in [0.15, 0.2) is 0 Å². The number of hydrogen-bond donors (Lipinski definition) is 0. The lowest BCUT2D eigenvalue weighted by Gasteiger charge is -2.37. The van der Waals surface area contributed by atoms with E-state index < -0.39 is 8.80 Å². The molecule has 0 aromatic carbocycles. The molecule has 0 unspecified atom stereocenters. The smallest absolute Gasteiger partial charge is 0.377 e. The third kappa shape index (κ3) is 2.99. The van der Waals surface area contributed by atoms with Gasteiger partial charge in [-0.25, -0.2) is 0 Å². The first kappa shape index (κ1) is 11.5. The minimum Gasteiger partial charge on any atom is -0.377 e. The molecule has 0 N–H and O–H groups in total. The molecule has 3 heterocycles. The SMILES string of the molecule is CCOC[Si]12OCCN(CCO1)CCO2. The van der Waals surface area contributed by atoms with Crippen LogP contribution in [0, 0.1) is 0 Å². The van der Waals surface area contributed by atoms with Crippen molar-refractivity contribution in [3.05, 3.63) is 0 Å². The molecule has 3 aliphatic heterocycles. The summed E-state index contributed by atoms with van der Waals surface area (Å²) in [5.41, 5.74) is 0. The fourth-order valence-electron chi connectivity index (χ4n) is 1.80. The molecule has 0 amide bonds. The standard InChI is InChI=1S/C9H19NO4Si/c1-2-11-9-15-12-6-3-10(4-7-13-15)5-8-14-15/h2-9H2,1H3. The normalized spacial score (nSPS) is 37.0. The van der Waals surface area contributed by atoms with Crippen LogP contribution in [0.5, 0.6) is 0 Å². The highest BCUT2D eigenvalue weighted by atomic mass is 28.4. The Kier molecular flexibility index (Phi) is 4.12. The van der Waals surface area contributed by atoms with Crippen molar-refractivity contribution >= 4 is 8.80 Å². The average Bonchev–Trinajstić information content (AvgIpc) is 2.14. The fraction of sp³-hybridized carbons (Fsp3) is 1.00. The van der Waals surface area contributed by atoms with E-state index in [2.05, 4.69) is 4.90 Å². The van der Waals surface area contributed by atoms with Gasteiger partial charge in [0.2, 0.25) is 0 Å². The van der Waals surface area contributed by atoms with Crippen LogP contribution in [0.2, 0.25) is 0 Å². The molecule has 6 heteroatoms. The topological polar surface area (TPSA) is 40.2 Å². The Morgan fingerprint density at radius 3 is 2.07 bits per heavy atom. The van der Waals surface area contributed by atoms with Crippen molar-refractivity contribution in [2.45, 2.75) is 6.92 Å². The van der Waals surface area contributed by atoms with Crippen LogP contribution >= 0.6 is 0 Å². The number of ether oxygens (including phenoxy) is 1. The van der Waals surface area contributed by atoms with Gasteiger partial charge in [0.1, 0.15) is 6.23 Å². The molecule has 0 aromatic heterocycles. The Morgan fingerprint density at radius 1 is 1.07 bits per heavy atom. The first-order chi connectivity index (χ1) is 7.35. The summed E-state index contributed by atoms with van der Waals surface area (Å²) in [4.78, 5) is 2.30. The summed E-state index contributed by atoms with van der Waals surface area (Å²) in [5, 5.41) is 0. The molecule has 5 nitrogen and oxygen atoms in total. The van der Waals surface area contributed by atoms with E-state index >= 15 is 0 Å². The number of fused-ring (bicyclic) bond motifs is 6. The number of hydrogen-bond acceptors (Lipinski definition) is 5. The second kappa shape index (κ2) is 5.38. The minimum absolute atomic E-state index is 0.490. The highest BCUT2D eigenvalue weighted by Gasteiger charge is 2.44. The van der Waals surface area contributed by atoms with E-state index in [-0.39, 0.29) is 0 Å². The maximum absolute atomic E-state index is 5.77.